The summed E-state index contributed by atoms with van der Waals surface area (Å²) in [6.07, 6.45) is 1.21. The number of nitrogens with one attached hydrogen (secondary N) is 1. The van der Waals surface area contributed by atoms with Gasteiger partial charge in [0.25, 0.3) is 0 Å². The summed E-state index contributed by atoms with van der Waals surface area (Å²) < 4.78 is 4.95. The van der Waals surface area contributed by atoms with Gasteiger partial charge in [-0.3, -0.25) is 4.79 Å². The lowest BCUT2D eigenvalue weighted by Gasteiger charge is -2.12. The number of hydrogen-bond acceptors (Lipinski definition) is 2. The van der Waals surface area contributed by atoms with Crippen molar-refractivity contribution in [2.24, 2.45) is 0 Å². The summed E-state index contributed by atoms with van der Waals surface area (Å²) >= 11 is 5.78. The van der Waals surface area contributed by atoms with Gasteiger partial charge in [-0.05, 0) is 31.0 Å². The molecule has 94 valence electrons. The van der Waals surface area contributed by atoms with Crippen LogP contribution in [0.4, 0.5) is 0 Å². The minimum atomic E-state index is 0.0458. The third-order valence-corrected chi connectivity index (χ3v) is 2.63. The van der Waals surface area contributed by atoms with Gasteiger partial charge in [0.15, 0.2) is 0 Å². The molecule has 4 heteroatoms. The standard InChI is InChI=1S/C13H18ClNO2/c1-10(9-17-2)15-13(16)8-5-11-3-6-12(14)7-4-11/h3-4,6-7,10H,5,8-9H2,1-2H3,(H,15,16)/t10-/m0/s1. The number of aryl methyl sites for hydroxylation is 1. The number of carbonyl (C=O) groups excluding carboxylic acids is 1. The van der Waals surface area contributed by atoms with Gasteiger partial charge in [-0.15, -0.1) is 0 Å². The summed E-state index contributed by atoms with van der Waals surface area (Å²) in [5.74, 6) is 0.0458. The van der Waals surface area contributed by atoms with Gasteiger partial charge >= 0.3 is 0 Å². The lowest BCUT2D eigenvalue weighted by molar-refractivity contribution is -0.122. The van der Waals surface area contributed by atoms with Crippen molar-refractivity contribution >= 4 is 17.5 Å². The second kappa shape index (κ2) is 7.30. The maximum atomic E-state index is 11.6. The Hall–Kier alpha value is -1.06. The molecule has 0 saturated carbocycles. The molecule has 0 radical (unpaired) electrons. The van der Waals surface area contributed by atoms with E-state index in [1.165, 1.54) is 0 Å². The van der Waals surface area contributed by atoms with Gasteiger partial charge in [0.05, 0.1) is 6.61 Å². The molecule has 1 rings (SSSR count). The monoisotopic (exact) mass is 255 g/mol. The van der Waals surface area contributed by atoms with E-state index in [0.29, 0.717) is 18.1 Å². The molecule has 0 saturated heterocycles. The largest absolute Gasteiger partial charge is 0.383 e. The van der Waals surface area contributed by atoms with Crippen molar-refractivity contribution in [2.45, 2.75) is 25.8 Å². The van der Waals surface area contributed by atoms with Crippen LogP contribution in [0.3, 0.4) is 0 Å². The number of hydrogen-bond donors (Lipinski definition) is 1. The molecule has 1 atom stereocenters. The van der Waals surface area contributed by atoms with Crippen LogP contribution in [0.15, 0.2) is 24.3 Å². The second-order valence-electron chi connectivity index (χ2n) is 4.05. The Morgan fingerprint density at radius 1 is 1.41 bits per heavy atom. The van der Waals surface area contributed by atoms with Gasteiger partial charge in [0.2, 0.25) is 5.91 Å². The van der Waals surface area contributed by atoms with Crippen molar-refractivity contribution in [3.63, 3.8) is 0 Å². The van der Waals surface area contributed by atoms with E-state index in [0.717, 1.165) is 12.0 Å². The van der Waals surface area contributed by atoms with Crippen LogP contribution in [0.2, 0.25) is 5.02 Å². The number of methoxy groups -OCH3 is 1. The number of halogens is 1. The summed E-state index contributed by atoms with van der Waals surface area (Å²) in [6.45, 7) is 2.45. The van der Waals surface area contributed by atoms with E-state index < -0.39 is 0 Å². The Balaban J connectivity index is 2.30. The zero-order valence-corrected chi connectivity index (χ0v) is 11.0. The Kier molecular flexibility index (Phi) is 6.01. The van der Waals surface area contributed by atoms with Crippen LogP contribution in [0, 0.1) is 0 Å². The summed E-state index contributed by atoms with van der Waals surface area (Å²) in [7, 11) is 1.62. The minimum absolute atomic E-state index is 0.0458. The van der Waals surface area contributed by atoms with E-state index in [-0.39, 0.29) is 11.9 Å². The first kappa shape index (κ1) is 14.0. The van der Waals surface area contributed by atoms with Crippen LogP contribution in [0.5, 0.6) is 0 Å². The van der Waals surface area contributed by atoms with Gasteiger partial charge in [-0.2, -0.15) is 0 Å². The molecule has 3 nitrogen and oxygen atoms in total. The normalized spacial score (nSPS) is 12.2. The van der Waals surface area contributed by atoms with E-state index in [1.807, 2.05) is 31.2 Å². The van der Waals surface area contributed by atoms with E-state index in [4.69, 9.17) is 16.3 Å². The topological polar surface area (TPSA) is 38.3 Å². The lowest BCUT2D eigenvalue weighted by Crippen LogP contribution is -2.35. The Morgan fingerprint density at radius 2 is 2.06 bits per heavy atom. The quantitative estimate of drug-likeness (QED) is 0.848. The van der Waals surface area contributed by atoms with Crippen LogP contribution in [-0.4, -0.2) is 25.7 Å². The first-order valence-corrected chi connectivity index (χ1v) is 6.02. The average Bonchev–Trinajstić information content (AvgIpc) is 2.28. The Labute approximate surface area is 107 Å². The first-order valence-electron chi connectivity index (χ1n) is 5.64. The molecule has 0 spiro atoms. The van der Waals surface area contributed by atoms with Gasteiger partial charge in [-0.25, -0.2) is 0 Å². The molecule has 1 aromatic carbocycles. The van der Waals surface area contributed by atoms with Gasteiger partial charge in [-0.1, -0.05) is 23.7 Å². The number of ether oxygens (including phenoxy) is 1. The van der Waals surface area contributed by atoms with Crippen LogP contribution in [0.1, 0.15) is 18.9 Å². The van der Waals surface area contributed by atoms with Crippen molar-refractivity contribution < 1.29 is 9.53 Å². The van der Waals surface area contributed by atoms with Crippen molar-refractivity contribution in [2.75, 3.05) is 13.7 Å². The fourth-order valence-corrected chi connectivity index (χ4v) is 1.67. The highest BCUT2D eigenvalue weighted by Gasteiger charge is 2.06. The molecule has 1 aromatic rings. The zero-order valence-electron chi connectivity index (χ0n) is 10.2. The Bertz CT molecular complexity index is 351. The van der Waals surface area contributed by atoms with E-state index in [9.17, 15) is 4.79 Å². The maximum absolute atomic E-state index is 11.6. The summed E-state index contributed by atoms with van der Waals surface area (Å²) in [4.78, 5) is 11.6. The van der Waals surface area contributed by atoms with Crippen molar-refractivity contribution in [1.29, 1.82) is 0 Å². The predicted octanol–water partition coefficient (Wildman–Crippen LogP) is 2.42. The number of rotatable bonds is 6. The molecule has 17 heavy (non-hydrogen) atoms. The minimum Gasteiger partial charge on any atom is -0.383 e. The zero-order chi connectivity index (χ0) is 12.7. The number of amides is 1. The van der Waals surface area contributed by atoms with Crippen LogP contribution >= 0.6 is 11.6 Å². The molecule has 0 fully saturated rings. The summed E-state index contributed by atoms with van der Waals surface area (Å²) in [5.41, 5.74) is 1.11. The van der Waals surface area contributed by atoms with Crippen molar-refractivity contribution in [1.82, 2.24) is 5.32 Å². The van der Waals surface area contributed by atoms with Crippen molar-refractivity contribution in [3.8, 4) is 0 Å². The third kappa shape index (κ3) is 5.71. The second-order valence-corrected chi connectivity index (χ2v) is 4.49. The van der Waals surface area contributed by atoms with Crippen LogP contribution < -0.4 is 5.32 Å². The smallest absolute Gasteiger partial charge is 0.220 e. The molecule has 0 heterocycles. The molecule has 0 aliphatic carbocycles. The van der Waals surface area contributed by atoms with E-state index in [2.05, 4.69) is 5.32 Å². The van der Waals surface area contributed by atoms with Gasteiger partial charge in [0, 0.05) is 24.6 Å². The predicted molar refractivity (Wildman–Crippen MR) is 69.3 cm³/mol. The fraction of sp³-hybridized carbons (Fsp3) is 0.462. The molecule has 0 aliphatic heterocycles. The van der Waals surface area contributed by atoms with Gasteiger partial charge < -0.3 is 10.1 Å². The Morgan fingerprint density at radius 3 is 2.65 bits per heavy atom. The highest BCUT2D eigenvalue weighted by atomic mass is 35.5. The third-order valence-electron chi connectivity index (χ3n) is 2.38. The van der Waals surface area contributed by atoms with Gasteiger partial charge in [0.1, 0.15) is 0 Å². The molecular formula is C13H18ClNO2. The van der Waals surface area contributed by atoms with E-state index >= 15 is 0 Å². The van der Waals surface area contributed by atoms with E-state index in [1.54, 1.807) is 7.11 Å². The number of benzene rings is 1. The fourth-order valence-electron chi connectivity index (χ4n) is 1.55. The molecule has 0 aromatic heterocycles. The highest BCUT2D eigenvalue weighted by molar-refractivity contribution is 6.30. The average molecular weight is 256 g/mol. The molecule has 0 unspecified atom stereocenters. The molecule has 1 N–H and O–H groups in total. The van der Waals surface area contributed by atoms with Crippen LogP contribution in [0.25, 0.3) is 0 Å². The van der Waals surface area contributed by atoms with Crippen molar-refractivity contribution in [3.05, 3.63) is 34.9 Å². The first-order chi connectivity index (χ1) is 8.11. The SMILES string of the molecule is COC[C@H](C)NC(=O)CCc1ccc(Cl)cc1. The summed E-state index contributed by atoms with van der Waals surface area (Å²) in [5, 5.41) is 3.59. The lowest BCUT2D eigenvalue weighted by atomic mass is 10.1. The van der Waals surface area contributed by atoms with Crippen LogP contribution in [-0.2, 0) is 16.0 Å². The molecule has 0 aliphatic rings. The molecule has 1 amide bonds. The maximum Gasteiger partial charge on any atom is 0.220 e. The molecule has 0 bridgehead atoms. The number of carbonyl (C=O) groups is 1. The highest BCUT2D eigenvalue weighted by Crippen LogP contribution is 2.10. The summed E-state index contributed by atoms with van der Waals surface area (Å²) in [6, 6.07) is 7.60. The molecular weight excluding hydrogens is 238 g/mol.